The van der Waals surface area contributed by atoms with E-state index in [4.69, 9.17) is 4.84 Å². The third kappa shape index (κ3) is 3.56. The van der Waals surface area contributed by atoms with Crippen LogP contribution in [0.3, 0.4) is 0 Å². The number of H-pyrrole nitrogens is 1. The minimum atomic E-state index is -0.645. The monoisotopic (exact) mass is 370 g/mol. The first kappa shape index (κ1) is 17.3. The first-order valence-corrected chi connectivity index (χ1v) is 8.67. The number of hydrogen-bond acceptors (Lipinski definition) is 5. The van der Waals surface area contributed by atoms with E-state index in [0.717, 1.165) is 12.8 Å². The summed E-state index contributed by atoms with van der Waals surface area (Å²) in [5.41, 5.74) is 4.28. The average Bonchev–Trinajstić information content (AvgIpc) is 3.33. The Morgan fingerprint density at radius 1 is 1.41 bits per heavy atom. The highest BCUT2D eigenvalue weighted by Crippen LogP contribution is 2.32. The number of hydrogen-bond donors (Lipinski definition) is 4. The van der Waals surface area contributed by atoms with E-state index in [1.807, 2.05) is 0 Å². The van der Waals surface area contributed by atoms with Crippen molar-refractivity contribution >= 4 is 28.3 Å². The topological polar surface area (TPSA) is 99.3 Å². The highest BCUT2D eigenvalue weighted by Gasteiger charge is 2.24. The highest BCUT2D eigenvalue weighted by atomic mass is 19.1. The second-order valence-electron chi connectivity index (χ2n) is 6.72. The van der Waals surface area contributed by atoms with Gasteiger partial charge in [0.15, 0.2) is 5.82 Å². The Bertz CT molecular complexity index is 1010. The molecule has 0 atom stereocenters. The number of carbonyl (C=O) groups excluding carboxylic acids is 1. The van der Waals surface area contributed by atoms with Crippen LogP contribution in [0.4, 0.5) is 15.8 Å². The lowest BCUT2D eigenvalue weighted by Gasteiger charge is -2.15. The molecule has 1 heterocycles. The van der Waals surface area contributed by atoms with Crippen LogP contribution in [-0.4, -0.2) is 27.6 Å². The molecule has 0 unspecified atom stereocenters. The lowest BCUT2D eigenvalue weighted by atomic mass is 10.1. The smallest absolute Gasteiger partial charge is 0.277 e. The number of phenolic OH excluding ortho intramolecular Hbond substituents is 1. The lowest BCUT2D eigenvalue weighted by Crippen LogP contribution is -2.26. The quantitative estimate of drug-likeness (QED) is 0.393. The number of aromatic hydroxyl groups is 1. The summed E-state index contributed by atoms with van der Waals surface area (Å²) in [5.74, 6) is -0.611. The van der Waals surface area contributed by atoms with E-state index in [1.54, 1.807) is 19.1 Å². The van der Waals surface area contributed by atoms with Crippen molar-refractivity contribution < 1.29 is 19.1 Å². The molecule has 27 heavy (non-hydrogen) atoms. The molecule has 3 aromatic rings. The van der Waals surface area contributed by atoms with Crippen LogP contribution in [0.5, 0.6) is 5.75 Å². The molecule has 4 N–H and O–H groups in total. The summed E-state index contributed by atoms with van der Waals surface area (Å²) in [7, 11) is 0. The molecular weight excluding hydrogens is 351 g/mol. The Hall–Kier alpha value is -3.13. The van der Waals surface area contributed by atoms with Gasteiger partial charge in [0.25, 0.3) is 5.91 Å². The molecule has 2 aromatic carbocycles. The molecule has 0 aliphatic heterocycles. The van der Waals surface area contributed by atoms with Crippen LogP contribution in [0.1, 0.15) is 28.8 Å². The predicted octanol–water partition coefficient (Wildman–Crippen LogP) is 3.53. The Kier molecular flexibility index (Phi) is 4.41. The zero-order chi connectivity index (χ0) is 19.0. The number of amides is 1. The number of carbonyl (C=O) groups is 1. The first-order valence-electron chi connectivity index (χ1n) is 8.67. The van der Waals surface area contributed by atoms with E-state index in [0.29, 0.717) is 29.3 Å². The second kappa shape index (κ2) is 6.88. The van der Waals surface area contributed by atoms with E-state index in [-0.39, 0.29) is 22.5 Å². The average molecular weight is 370 g/mol. The van der Waals surface area contributed by atoms with Crippen molar-refractivity contribution in [2.45, 2.75) is 19.8 Å². The SMILES string of the molecule is Cc1cc(O)ccc1Nc1c(C(=O)NOCC2CC2)cc2[nH]cnc2c1F. The largest absolute Gasteiger partial charge is 0.508 e. The zero-order valence-electron chi connectivity index (χ0n) is 14.7. The molecule has 4 rings (SSSR count). The number of imidazole rings is 1. The van der Waals surface area contributed by atoms with Gasteiger partial charge >= 0.3 is 0 Å². The summed E-state index contributed by atoms with van der Waals surface area (Å²) in [6.45, 7) is 2.21. The van der Waals surface area contributed by atoms with Crippen molar-refractivity contribution in [3.8, 4) is 5.75 Å². The number of benzene rings is 2. The maximum Gasteiger partial charge on any atom is 0.277 e. The Balaban J connectivity index is 1.69. The molecule has 140 valence electrons. The Labute approximate surface area is 154 Å². The van der Waals surface area contributed by atoms with E-state index < -0.39 is 11.7 Å². The highest BCUT2D eigenvalue weighted by molar-refractivity contribution is 6.04. The molecule has 0 spiro atoms. The maximum atomic E-state index is 15.1. The minimum Gasteiger partial charge on any atom is -0.508 e. The van der Waals surface area contributed by atoms with Crippen molar-refractivity contribution in [2.24, 2.45) is 5.92 Å². The summed E-state index contributed by atoms with van der Waals surface area (Å²) < 4.78 is 15.1. The zero-order valence-corrected chi connectivity index (χ0v) is 14.7. The third-order valence-corrected chi connectivity index (χ3v) is 4.55. The molecule has 7 nitrogen and oxygen atoms in total. The minimum absolute atomic E-state index is 0.00379. The fraction of sp³-hybridized carbons (Fsp3) is 0.263. The second-order valence-corrected chi connectivity index (χ2v) is 6.72. The van der Waals surface area contributed by atoms with Gasteiger partial charge in [0.05, 0.1) is 29.7 Å². The van der Waals surface area contributed by atoms with Crippen LogP contribution in [0, 0.1) is 18.7 Å². The van der Waals surface area contributed by atoms with Crippen molar-refractivity contribution in [1.29, 1.82) is 0 Å². The Morgan fingerprint density at radius 3 is 2.96 bits per heavy atom. The van der Waals surface area contributed by atoms with Gasteiger partial charge in [-0.3, -0.25) is 9.63 Å². The van der Waals surface area contributed by atoms with Crippen molar-refractivity contribution in [3.05, 3.63) is 47.5 Å². The number of hydroxylamine groups is 1. The molecule has 1 saturated carbocycles. The molecule has 0 bridgehead atoms. The van der Waals surface area contributed by atoms with Gasteiger partial charge in [-0.1, -0.05) is 0 Å². The fourth-order valence-electron chi connectivity index (χ4n) is 2.83. The van der Waals surface area contributed by atoms with E-state index in [2.05, 4.69) is 20.8 Å². The number of aromatic amines is 1. The van der Waals surface area contributed by atoms with Crippen LogP contribution in [0.2, 0.25) is 0 Å². The Morgan fingerprint density at radius 2 is 2.22 bits per heavy atom. The summed E-state index contributed by atoms with van der Waals surface area (Å²) in [6.07, 6.45) is 3.56. The van der Waals surface area contributed by atoms with Crippen molar-refractivity contribution in [3.63, 3.8) is 0 Å². The van der Waals surface area contributed by atoms with Gasteiger partial charge in [-0.15, -0.1) is 0 Å². The number of anilines is 2. The number of fused-ring (bicyclic) bond motifs is 1. The molecule has 8 heteroatoms. The number of phenols is 1. The maximum absolute atomic E-state index is 15.1. The first-order chi connectivity index (χ1) is 13.0. The van der Waals surface area contributed by atoms with Gasteiger partial charge in [-0.05, 0) is 55.5 Å². The molecule has 0 radical (unpaired) electrons. The number of halogens is 1. The van der Waals surface area contributed by atoms with Crippen LogP contribution in [-0.2, 0) is 4.84 Å². The van der Waals surface area contributed by atoms with Gasteiger partial charge in [0, 0.05) is 5.69 Å². The molecule has 1 fully saturated rings. The van der Waals surface area contributed by atoms with Gasteiger partial charge in [-0.2, -0.15) is 0 Å². The lowest BCUT2D eigenvalue weighted by molar-refractivity contribution is 0.0271. The number of nitrogens with zero attached hydrogens (tertiary/aromatic N) is 1. The van der Waals surface area contributed by atoms with Gasteiger partial charge in [0.1, 0.15) is 11.3 Å². The van der Waals surface area contributed by atoms with Gasteiger partial charge in [-0.25, -0.2) is 14.9 Å². The number of nitrogens with one attached hydrogen (secondary N) is 3. The van der Waals surface area contributed by atoms with Crippen LogP contribution in [0.15, 0.2) is 30.6 Å². The molecule has 1 amide bonds. The van der Waals surface area contributed by atoms with Crippen LogP contribution in [0.25, 0.3) is 11.0 Å². The third-order valence-electron chi connectivity index (χ3n) is 4.55. The standard InChI is InChI=1S/C19H19FN4O3/c1-10-6-12(25)4-5-14(10)23-17-13(19(26)24-27-8-11-2-3-11)7-15-18(16(17)20)22-9-21-15/h4-7,9,11,23,25H,2-3,8H2,1H3,(H,21,22)(H,24,26). The van der Waals surface area contributed by atoms with Gasteiger partial charge in [0.2, 0.25) is 0 Å². The van der Waals surface area contributed by atoms with Crippen LogP contribution >= 0.6 is 0 Å². The normalized spacial score (nSPS) is 13.7. The summed E-state index contributed by atoms with van der Waals surface area (Å²) in [4.78, 5) is 24.6. The van der Waals surface area contributed by atoms with Crippen LogP contribution < -0.4 is 10.8 Å². The molecular formula is C19H19FN4O3. The molecule has 1 aliphatic rings. The summed E-state index contributed by atoms with van der Waals surface area (Å²) in [5, 5.41) is 12.5. The molecule has 1 aliphatic carbocycles. The van der Waals surface area contributed by atoms with E-state index >= 15 is 4.39 Å². The summed E-state index contributed by atoms with van der Waals surface area (Å²) >= 11 is 0. The number of rotatable bonds is 6. The summed E-state index contributed by atoms with van der Waals surface area (Å²) in [6, 6.07) is 6.17. The van der Waals surface area contributed by atoms with Gasteiger partial charge < -0.3 is 15.4 Å². The number of aromatic nitrogens is 2. The number of aryl methyl sites for hydroxylation is 1. The fourth-order valence-corrected chi connectivity index (χ4v) is 2.83. The molecule has 0 saturated heterocycles. The molecule has 1 aromatic heterocycles. The predicted molar refractivity (Wildman–Crippen MR) is 98.3 cm³/mol. The van der Waals surface area contributed by atoms with E-state index in [9.17, 15) is 9.90 Å². The van der Waals surface area contributed by atoms with E-state index in [1.165, 1.54) is 18.5 Å². The van der Waals surface area contributed by atoms with Crippen molar-refractivity contribution in [1.82, 2.24) is 15.4 Å². The van der Waals surface area contributed by atoms with Crippen molar-refractivity contribution in [2.75, 3.05) is 11.9 Å².